The molecule has 274 valence electrons. The number of pyridine rings is 2. The number of furan rings is 2. The van der Waals surface area contributed by atoms with Crippen LogP contribution in [0, 0.1) is 0 Å². The quantitative estimate of drug-likeness (QED) is 0.144. The van der Waals surface area contributed by atoms with Gasteiger partial charge in [-0.05, 0) is 126 Å². The van der Waals surface area contributed by atoms with Gasteiger partial charge in [0.15, 0.2) is 0 Å². The zero-order valence-corrected chi connectivity index (χ0v) is 31.2. The predicted molar refractivity (Wildman–Crippen MR) is 237 cm³/mol. The fraction of sp³-hybridized carbons (Fsp3) is 0. The first-order valence-corrected chi connectivity index (χ1v) is 19.3. The minimum Gasteiger partial charge on any atom is -0.448 e. The maximum absolute atomic E-state index is 6.07. The number of fused-ring (bicyclic) bond motifs is 4. The van der Waals surface area contributed by atoms with E-state index in [2.05, 4.69) is 131 Å². The summed E-state index contributed by atoms with van der Waals surface area (Å²) in [7, 11) is 0. The Hall–Kier alpha value is -7.96. The number of nitrogens with zero attached hydrogens (tertiary/aromatic N) is 4. The average Bonchev–Trinajstić information content (AvgIpc) is 4.03. The predicted octanol–water partition coefficient (Wildman–Crippen LogP) is 14.5. The first-order chi connectivity index (χ1) is 28.8. The van der Waals surface area contributed by atoms with E-state index >= 15 is 0 Å². The van der Waals surface area contributed by atoms with Crippen LogP contribution in [0.15, 0.2) is 216 Å². The number of rotatable bonds is 8. The van der Waals surface area contributed by atoms with E-state index in [1.165, 1.54) is 21.5 Å². The summed E-state index contributed by atoms with van der Waals surface area (Å²) in [5.41, 5.74) is 6.45. The molecule has 0 unspecified atom stereocenters. The van der Waals surface area contributed by atoms with Crippen molar-refractivity contribution in [2.75, 3.05) is 9.80 Å². The van der Waals surface area contributed by atoms with Crippen LogP contribution in [0.1, 0.15) is 0 Å². The van der Waals surface area contributed by atoms with E-state index in [0.717, 1.165) is 66.8 Å². The number of hydrogen-bond donors (Lipinski definition) is 0. The molecule has 0 aliphatic heterocycles. The van der Waals surface area contributed by atoms with Crippen LogP contribution in [0.5, 0.6) is 0 Å². The summed E-state index contributed by atoms with van der Waals surface area (Å²) in [6, 6.07) is 63.6. The summed E-state index contributed by atoms with van der Waals surface area (Å²) >= 11 is 0. The highest BCUT2D eigenvalue weighted by atomic mass is 16.3. The van der Waals surface area contributed by atoms with E-state index in [-0.39, 0.29) is 0 Å². The second-order valence-corrected chi connectivity index (χ2v) is 14.2. The lowest BCUT2D eigenvalue weighted by molar-refractivity contribution is 0.573. The average molecular weight is 747 g/mol. The van der Waals surface area contributed by atoms with E-state index in [1.54, 1.807) is 12.5 Å². The van der Waals surface area contributed by atoms with Crippen molar-refractivity contribution in [1.29, 1.82) is 0 Å². The zero-order chi connectivity index (χ0) is 38.4. The Balaban J connectivity index is 1.30. The summed E-state index contributed by atoms with van der Waals surface area (Å²) in [4.78, 5) is 13.7. The SMILES string of the molecule is c1ccc(N(c2ccc3c(-c4cccc5ccccc45)c4cc(N(c5ccccn5)c5ccco5)ccc4c(-c4cccc5ccccc45)c3c2)c2ccco2)nc1. The van der Waals surface area contributed by atoms with E-state index in [9.17, 15) is 0 Å². The Morgan fingerprint density at radius 1 is 0.345 bits per heavy atom. The van der Waals surface area contributed by atoms with Gasteiger partial charge in [0.2, 0.25) is 11.8 Å². The smallest absolute Gasteiger partial charge is 0.205 e. The van der Waals surface area contributed by atoms with Crippen molar-refractivity contribution in [3.8, 4) is 22.3 Å². The topological polar surface area (TPSA) is 58.5 Å². The highest BCUT2D eigenvalue weighted by Crippen LogP contribution is 2.50. The van der Waals surface area contributed by atoms with Crippen molar-refractivity contribution in [1.82, 2.24) is 9.97 Å². The lowest BCUT2D eigenvalue weighted by Gasteiger charge is -2.25. The Morgan fingerprint density at radius 2 is 0.793 bits per heavy atom. The number of hydrogen-bond acceptors (Lipinski definition) is 6. The minimum absolute atomic E-state index is 0.678. The Morgan fingerprint density at radius 3 is 1.22 bits per heavy atom. The zero-order valence-electron chi connectivity index (χ0n) is 31.2. The van der Waals surface area contributed by atoms with Gasteiger partial charge in [-0.25, -0.2) is 9.97 Å². The van der Waals surface area contributed by atoms with E-state index in [4.69, 9.17) is 18.8 Å². The number of anilines is 6. The van der Waals surface area contributed by atoms with Crippen molar-refractivity contribution in [2.45, 2.75) is 0 Å². The third-order valence-electron chi connectivity index (χ3n) is 10.9. The second-order valence-electron chi connectivity index (χ2n) is 14.2. The maximum Gasteiger partial charge on any atom is 0.205 e. The lowest BCUT2D eigenvalue weighted by atomic mass is 9.83. The van der Waals surface area contributed by atoms with Crippen molar-refractivity contribution in [3.05, 3.63) is 207 Å². The molecule has 0 saturated heterocycles. The molecule has 0 atom stereocenters. The first-order valence-electron chi connectivity index (χ1n) is 19.3. The van der Waals surface area contributed by atoms with Gasteiger partial charge in [0.25, 0.3) is 0 Å². The summed E-state index contributed by atoms with van der Waals surface area (Å²) in [6.07, 6.45) is 7.03. The van der Waals surface area contributed by atoms with Gasteiger partial charge in [-0.1, -0.05) is 109 Å². The summed E-state index contributed by atoms with van der Waals surface area (Å²) in [5.74, 6) is 2.88. The van der Waals surface area contributed by atoms with Crippen LogP contribution in [0.3, 0.4) is 0 Å². The fourth-order valence-corrected chi connectivity index (χ4v) is 8.46. The summed E-state index contributed by atoms with van der Waals surface area (Å²) in [5, 5.41) is 9.17. The molecular weight excluding hydrogens is 713 g/mol. The second kappa shape index (κ2) is 14.0. The molecule has 0 amide bonds. The highest BCUT2D eigenvalue weighted by molar-refractivity contribution is 6.26. The lowest BCUT2D eigenvalue weighted by Crippen LogP contribution is -2.11. The van der Waals surface area contributed by atoms with Gasteiger partial charge in [0, 0.05) is 24.5 Å². The molecule has 0 fully saturated rings. The molecule has 0 bridgehead atoms. The van der Waals surface area contributed by atoms with Crippen LogP contribution in [-0.4, -0.2) is 9.97 Å². The van der Waals surface area contributed by atoms with E-state index < -0.39 is 0 Å². The molecule has 0 aliphatic rings. The largest absolute Gasteiger partial charge is 0.448 e. The van der Waals surface area contributed by atoms with Gasteiger partial charge in [-0.2, -0.15) is 0 Å². The van der Waals surface area contributed by atoms with Crippen LogP contribution < -0.4 is 9.80 Å². The molecule has 6 nitrogen and oxygen atoms in total. The Bertz CT molecular complexity index is 3000. The molecule has 4 aromatic heterocycles. The molecule has 58 heavy (non-hydrogen) atoms. The van der Waals surface area contributed by atoms with Gasteiger partial charge in [0.1, 0.15) is 11.6 Å². The van der Waals surface area contributed by atoms with Gasteiger partial charge in [0.05, 0.1) is 23.9 Å². The molecule has 11 aromatic rings. The fourth-order valence-electron chi connectivity index (χ4n) is 8.46. The van der Waals surface area contributed by atoms with Gasteiger partial charge >= 0.3 is 0 Å². The molecule has 0 spiro atoms. The van der Waals surface area contributed by atoms with Crippen LogP contribution in [-0.2, 0) is 0 Å². The molecule has 0 radical (unpaired) electrons. The summed E-state index contributed by atoms with van der Waals surface area (Å²) in [6.45, 7) is 0. The van der Waals surface area contributed by atoms with Crippen molar-refractivity contribution >= 4 is 77.9 Å². The first kappa shape index (κ1) is 33.4. The summed E-state index contributed by atoms with van der Waals surface area (Å²) < 4.78 is 12.1. The van der Waals surface area contributed by atoms with Crippen molar-refractivity contribution in [2.24, 2.45) is 0 Å². The normalized spacial score (nSPS) is 11.4. The van der Waals surface area contributed by atoms with E-state index in [0.29, 0.717) is 11.8 Å². The van der Waals surface area contributed by atoms with Gasteiger partial charge in [-0.3, -0.25) is 9.80 Å². The van der Waals surface area contributed by atoms with Gasteiger partial charge in [-0.15, -0.1) is 0 Å². The number of aromatic nitrogens is 2. The molecule has 11 rings (SSSR count). The molecular formula is C52H34N4O2. The molecule has 7 aromatic carbocycles. The number of benzene rings is 7. The Labute approximate surface area is 334 Å². The van der Waals surface area contributed by atoms with Crippen LogP contribution in [0.2, 0.25) is 0 Å². The molecule has 0 aliphatic carbocycles. The molecule has 4 heterocycles. The van der Waals surface area contributed by atoms with Crippen molar-refractivity contribution < 1.29 is 8.83 Å². The third-order valence-corrected chi connectivity index (χ3v) is 10.9. The van der Waals surface area contributed by atoms with Gasteiger partial charge < -0.3 is 8.83 Å². The van der Waals surface area contributed by atoms with Crippen LogP contribution in [0.4, 0.5) is 34.8 Å². The Kier molecular flexibility index (Phi) is 8.04. The highest BCUT2D eigenvalue weighted by Gasteiger charge is 2.24. The molecule has 0 saturated carbocycles. The third kappa shape index (κ3) is 5.58. The van der Waals surface area contributed by atoms with Crippen LogP contribution >= 0.6 is 0 Å². The van der Waals surface area contributed by atoms with E-state index in [1.807, 2.05) is 73.1 Å². The minimum atomic E-state index is 0.678. The monoisotopic (exact) mass is 746 g/mol. The standard InChI is InChI=1S/C52H34N4O2/c1-3-17-39-35(13-1)15-9-19-41(39)51-43-27-25-38(56(50-24-12-32-58-50)48-22-6-8-30-54-48)34-46(43)52(42-20-10-16-36-14-2-4-18-40(36)42)44-28-26-37(33-45(44)51)55(49-23-11-31-57-49)47-21-5-7-29-53-47/h1-34H. The molecule has 6 heteroatoms. The molecule has 0 N–H and O–H groups in total. The van der Waals surface area contributed by atoms with Crippen LogP contribution in [0.25, 0.3) is 65.3 Å². The van der Waals surface area contributed by atoms with Crippen molar-refractivity contribution in [3.63, 3.8) is 0 Å². The maximum atomic E-state index is 6.07.